The minimum atomic E-state index is 0.498. The van der Waals surface area contributed by atoms with Crippen molar-refractivity contribution in [2.45, 2.75) is 10.1 Å². The third-order valence-corrected chi connectivity index (χ3v) is 5.01. The van der Waals surface area contributed by atoms with E-state index in [1.807, 2.05) is 32.3 Å². The number of imidazole rings is 1. The first kappa shape index (κ1) is 16.3. The molecule has 0 aliphatic carbocycles. The van der Waals surface area contributed by atoms with Crippen LogP contribution in [-0.4, -0.2) is 31.2 Å². The highest BCUT2D eigenvalue weighted by molar-refractivity contribution is 7.99. The molecule has 1 aromatic heterocycles. The van der Waals surface area contributed by atoms with Crippen molar-refractivity contribution >= 4 is 51.7 Å². The van der Waals surface area contributed by atoms with Gasteiger partial charge in [-0.05, 0) is 42.1 Å². The van der Waals surface area contributed by atoms with Crippen molar-refractivity contribution in [1.29, 1.82) is 0 Å². The van der Waals surface area contributed by atoms with Crippen LogP contribution in [0, 0.1) is 0 Å². The maximum absolute atomic E-state index is 6.05. The lowest BCUT2D eigenvalue weighted by molar-refractivity contribution is 0.413. The Morgan fingerprint density at radius 1 is 1.13 bits per heavy atom. The summed E-state index contributed by atoms with van der Waals surface area (Å²) in [6, 6.07) is 9.51. The van der Waals surface area contributed by atoms with Gasteiger partial charge in [0, 0.05) is 19.0 Å². The van der Waals surface area contributed by atoms with E-state index < -0.39 is 0 Å². The number of hydrogen-bond donors (Lipinski definition) is 1. The number of aromatic nitrogens is 2. The third kappa shape index (κ3) is 3.37. The lowest BCUT2D eigenvalue weighted by atomic mass is 10.3. The number of halogens is 2. The molecular formula is C16H15Cl2N3OS. The van der Waals surface area contributed by atoms with Crippen molar-refractivity contribution < 1.29 is 4.74 Å². The molecule has 0 fully saturated rings. The number of methoxy groups -OCH3 is 1. The number of ether oxygens (including phenoxy) is 1. The molecular weight excluding hydrogens is 353 g/mol. The van der Waals surface area contributed by atoms with Crippen LogP contribution in [0.5, 0.6) is 5.75 Å². The molecule has 0 saturated heterocycles. The van der Waals surface area contributed by atoms with Crippen LogP contribution in [0.15, 0.2) is 40.4 Å². The summed E-state index contributed by atoms with van der Waals surface area (Å²) in [5, 5.41) is 1.78. The molecule has 3 rings (SSSR count). The first-order valence-corrected chi connectivity index (χ1v) is 8.43. The SMILES string of the molecule is COc1ccc(N(C)C)c(Sc2nc3cc(Cl)c(Cl)cc3[nH]2)c1. The standard InChI is InChI=1S/C16H15Cl2N3OS/c1-21(2)14-5-4-9(22-3)6-15(14)23-16-19-12-7-10(17)11(18)8-13(12)20-16/h4-8H,1-3H3,(H,19,20). The van der Waals surface area contributed by atoms with E-state index in [-0.39, 0.29) is 0 Å². The van der Waals surface area contributed by atoms with Crippen LogP contribution in [0.3, 0.4) is 0 Å². The summed E-state index contributed by atoms with van der Waals surface area (Å²) in [5.41, 5.74) is 2.74. The molecule has 1 heterocycles. The summed E-state index contributed by atoms with van der Waals surface area (Å²) < 4.78 is 5.32. The molecule has 0 radical (unpaired) electrons. The van der Waals surface area contributed by atoms with Crippen molar-refractivity contribution in [3.63, 3.8) is 0 Å². The maximum atomic E-state index is 6.05. The number of H-pyrrole nitrogens is 1. The summed E-state index contributed by atoms with van der Waals surface area (Å²) >= 11 is 13.6. The van der Waals surface area contributed by atoms with Crippen LogP contribution in [0.4, 0.5) is 5.69 Å². The van der Waals surface area contributed by atoms with Crippen LogP contribution in [0.25, 0.3) is 11.0 Å². The predicted octanol–water partition coefficient (Wildman–Crippen LogP) is 5.10. The summed E-state index contributed by atoms with van der Waals surface area (Å²) in [7, 11) is 5.67. The van der Waals surface area contributed by atoms with Gasteiger partial charge in [0.25, 0.3) is 0 Å². The van der Waals surface area contributed by atoms with Gasteiger partial charge in [0.15, 0.2) is 5.16 Å². The zero-order valence-electron chi connectivity index (χ0n) is 12.9. The molecule has 0 aliphatic rings. The van der Waals surface area contributed by atoms with E-state index in [4.69, 9.17) is 27.9 Å². The molecule has 120 valence electrons. The number of nitrogens with one attached hydrogen (secondary N) is 1. The van der Waals surface area contributed by atoms with Crippen LogP contribution in [0.2, 0.25) is 10.0 Å². The molecule has 7 heteroatoms. The Morgan fingerprint density at radius 3 is 2.57 bits per heavy atom. The van der Waals surface area contributed by atoms with E-state index in [0.29, 0.717) is 10.0 Å². The van der Waals surface area contributed by atoms with Crippen molar-refractivity contribution in [3.05, 3.63) is 40.4 Å². The van der Waals surface area contributed by atoms with Crippen LogP contribution in [0.1, 0.15) is 0 Å². The van der Waals surface area contributed by atoms with Gasteiger partial charge in [-0.3, -0.25) is 0 Å². The number of rotatable bonds is 4. The molecule has 2 aromatic carbocycles. The maximum Gasteiger partial charge on any atom is 0.171 e. The Labute approximate surface area is 148 Å². The zero-order valence-corrected chi connectivity index (χ0v) is 15.2. The Bertz CT molecular complexity index is 825. The summed E-state index contributed by atoms with van der Waals surface area (Å²) in [5.74, 6) is 0.806. The zero-order chi connectivity index (χ0) is 16.6. The second-order valence-corrected chi connectivity index (χ2v) is 7.00. The number of benzene rings is 2. The van der Waals surface area contributed by atoms with Gasteiger partial charge >= 0.3 is 0 Å². The molecule has 0 spiro atoms. The van der Waals surface area contributed by atoms with Crippen molar-refractivity contribution in [3.8, 4) is 5.75 Å². The minimum absolute atomic E-state index is 0.498. The molecule has 1 N–H and O–H groups in total. The second-order valence-electron chi connectivity index (χ2n) is 5.16. The molecule has 23 heavy (non-hydrogen) atoms. The number of anilines is 1. The van der Waals surface area contributed by atoms with Gasteiger partial charge < -0.3 is 14.6 Å². The fraction of sp³-hybridized carbons (Fsp3) is 0.188. The predicted molar refractivity (Wildman–Crippen MR) is 97.6 cm³/mol. The van der Waals surface area contributed by atoms with Crippen LogP contribution in [-0.2, 0) is 0 Å². The summed E-state index contributed by atoms with van der Waals surface area (Å²) in [6.07, 6.45) is 0. The Hall–Kier alpha value is -1.56. The average Bonchev–Trinajstić information content (AvgIpc) is 2.88. The first-order chi connectivity index (χ1) is 11.0. The number of nitrogens with zero attached hydrogens (tertiary/aromatic N) is 2. The van der Waals surface area contributed by atoms with E-state index in [9.17, 15) is 0 Å². The fourth-order valence-electron chi connectivity index (χ4n) is 2.21. The Balaban J connectivity index is 2.01. The van der Waals surface area contributed by atoms with E-state index in [0.717, 1.165) is 32.5 Å². The van der Waals surface area contributed by atoms with E-state index >= 15 is 0 Å². The van der Waals surface area contributed by atoms with Crippen molar-refractivity contribution in [2.75, 3.05) is 26.1 Å². The monoisotopic (exact) mass is 367 g/mol. The van der Waals surface area contributed by atoms with Gasteiger partial charge in [0.2, 0.25) is 0 Å². The molecule has 0 unspecified atom stereocenters. The molecule has 0 aliphatic heterocycles. The third-order valence-electron chi connectivity index (χ3n) is 3.36. The molecule has 4 nitrogen and oxygen atoms in total. The molecule has 0 saturated carbocycles. The first-order valence-electron chi connectivity index (χ1n) is 6.86. The van der Waals surface area contributed by atoms with Gasteiger partial charge in [-0.15, -0.1) is 0 Å². The molecule has 0 atom stereocenters. The van der Waals surface area contributed by atoms with Crippen molar-refractivity contribution in [1.82, 2.24) is 9.97 Å². The summed E-state index contributed by atoms with van der Waals surface area (Å²) in [4.78, 5) is 10.9. The number of fused-ring (bicyclic) bond motifs is 1. The van der Waals surface area contributed by atoms with Gasteiger partial charge in [-0.2, -0.15) is 0 Å². The average molecular weight is 368 g/mol. The van der Waals surface area contributed by atoms with Crippen molar-refractivity contribution in [2.24, 2.45) is 0 Å². The van der Waals surface area contributed by atoms with Gasteiger partial charge in [0.05, 0.1) is 33.9 Å². The number of aromatic amines is 1. The van der Waals surface area contributed by atoms with E-state index in [1.54, 1.807) is 19.2 Å². The minimum Gasteiger partial charge on any atom is -0.497 e. The highest BCUT2D eigenvalue weighted by Gasteiger charge is 2.12. The van der Waals surface area contributed by atoms with Gasteiger partial charge in [0.1, 0.15) is 5.75 Å². The van der Waals surface area contributed by atoms with E-state index in [2.05, 4.69) is 14.9 Å². The lowest BCUT2D eigenvalue weighted by Gasteiger charge is -2.17. The molecule has 0 bridgehead atoms. The van der Waals surface area contributed by atoms with E-state index in [1.165, 1.54) is 11.8 Å². The van der Waals surface area contributed by atoms with Crippen LogP contribution < -0.4 is 9.64 Å². The highest BCUT2D eigenvalue weighted by atomic mass is 35.5. The normalized spacial score (nSPS) is 11.0. The molecule has 3 aromatic rings. The fourth-order valence-corrected chi connectivity index (χ4v) is 3.57. The number of hydrogen-bond acceptors (Lipinski definition) is 4. The van der Waals surface area contributed by atoms with Gasteiger partial charge in [-0.25, -0.2) is 4.98 Å². The Kier molecular flexibility index (Phi) is 4.62. The second kappa shape index (κ2) is 6.51. The largest absolute Gasteiger partial charge is 0.497 e. The highest BCUT2D eigenvalue weighted by Crippen LogP contribution is 2.37. The van der Waals surface area contributed by atoms with Gasteiger partial charge in [-0.1, -0.05) is 23.2 Å². The Morgan fingerprint density at radius 2 is 1.87 bits per heavy atom. The lowest BCUT2D eigenvalue weighted by Crippen LogP contribution is -2.09. The topological polar surface area (TPSA) is 41.1 Å². The molecule has 0 amide bonds. The summed E-state index contributed by atoms with van der Waals surface area (Å²) in [6.45, 7) is 0. The quantitative estimate of drug-likeness (QED) is 0.696. The smallest absolute Gasteiger partial charge is 0.171 e. The van der Waals surface area contributed by atoms with Crippen LogP contribution >= 0.6 is 35.0 Å².